The van der Waals surface area contributed by atoms with Crippen molar-refractivity contribution in [1.82, 2.24) is 14.3 Å². The Morgan fingerprint density at radius 2 is 2.16 bits per heavy atom. The molecule has 8 heteroatoms. The van der Waals surface area contributed by atoms with Gasteiger partial charge < -0.3 is 15.4 Å². The normalized spacial score (nSPS) is 17.1. The molecule has 1 saturated heterocycles. The molecule has 0 saturated carbocycles. The summed E-state index contributed by atoms with van der Waals surface area (Å²) in [6, 6.07) is 9.20. The van der Waals surface area contributed by atoms with Crippen molar-refractivity contribution in [3.63, 3.8) is 0 Å². The summed E-state index contributed by atoms with van der Waals surface area (Å²) in [5.74, 6) is 1.28. The lowest BCUT2D eigenvalue weighted by Gasteiger charge is -2.13. The minimum Gasteiger partial charge on any atom is -0.456 e. The van der Waals surface area contributed by atoms with Crippen LogP contribution in [0.2, 0.25) is 5.02 Å². The molecule has 0 radical (unpaired) electrons. The van der Waals surface area contributed by atoms with Crippen molar-refractivity contribution in [3.8, 4) is 11.5 Å². The van der Waals surface area contributed by atoms with Crippen LogP contribution in [-0.2, 0) is 0 Å². The number of halogens is 2. The second-order valence-electron chi connectivity index (χ2n) is 5.84. The number of nitrogens with one attached hydrogen (secondary N) is 2. The van der Waals surface area contributed by atoms with Crippen LogP contribution in [0.1, 0.15) is 6.42 Å². The highest BCUT2D eigenvalue weighted by atomic mass is 35.5. The van der Waals surface area contributed by atoms with Gasteiger partial charge in [-0.15, -0.1) is 3.89 Å². The maximum absolute atomic E-state index is 13.3. The Hall–Kier alpha value is -1.96. The van der Waals surface area contributed by atoms with E-state index in [0.29, 0.717) is 28.2 Å². The van der Waals surface area contributed by atoms with Crippen molar-refractivity contribution >= 4 is 40.7 Å². The molecule has 0 amide bonds. The van der Waals surface area contributed by atoms with Gasteiger partial charge in [0.15, 0.2) is 18.0 Å². The molecule has 25 heavy (non-hydrogen) atoms. The van der Waals surface area contributed by atoms with Gasteiger partial charge in [0.1, 0.15) is 11.5 Å². The van der Waals surface area contributed by atoms with Gasteiger partial charge in [0.25, 0.3) is 0 Å². The maximum atomic E-state index is 13.3. The lowest BCUT2D eigenvalue weighted by Crippen LogP contribution is -2.21. The molecule has 4 rings (SSSR count). The first kappa shape index (κ1) is 16.5. The Morgan fingerprint density at radius 1 is 1.32 bits per heavy atom. The Morgan fingerprint density at radius 3 is 2.88 bits per heavy atom. The predicted octanol–water partition coefficient (Wildman–Crippen LogP) is 4.64. The van der Waals surface area contributed by atoms with E-state index in [1.165, 1.54) is 3.97 Å². The average molecular weight is 379 g/mol. The zero-order valence-corrected chi connectivity index (χ0v) is 14.8. The Labute approximate surface area is 153 Å². The van der Waals surface area contributed by atoms with E-state index in [0.717, 1.165) is 30.6 Å². The molecule has 2 N–H and O–H groups in total. The van der Waals surface area contributed by atoms with Crippen LogP contribution in [0.15, 0.2) is 42.7 Å². The molecule has 3 aromatic rings. The van der Waals surface area contributed by atoms with Crippen LogP contribution < -0.4 is 15.4 Å². The number of aromatic nitrogens is 2. The van der Waals surface area contributed by atoms with E-state index in [1.807, 2.05) is 0 Å². The van der Waals surface area contributed by atoms with Crippen molar-refractivity contribution in [3.05, 3.63) is 47.7 Å². The quantitative estimate of drug-likeness (QED) is 0.677. The summed E-state index contributed by atoms with van der Waals surface area (Å²) in [6.45, 7) is 1.85. The van der Waals surface area contributed by atoms with Gasteiger partial charge in [0, 0.05) is 30.0 Å². The molecule has 1 aromatic carbocycles. The summed E-state index contributed by atoms with van der Waals surface area (Å²) in [7, 11) is 0. The van der Waals surface area contributed by atoms with Gasteiger partial charge in [-0.1, -0.05) is 11.6 Å². The number of nitrogens with zero attached hydrogens (tertiary/aromatic N) is 2. The zero-order valence-electron chi connectivity index (χ0n) is 13.2. The number of hydrogen-bond donors (Lipinski definition) is 2. The van der Waals surface area contributed by atoms with Crippen LogP contribution >= 0.6 is 23.9 Å². The van der Waals surface area contributed by atoms with Gasteiger partial charge >= 0.3 is 0 Å². The molecule has 2 aromatic heterocycles. The van der Waals surface area contributed by atoms with E-state index in [2.05, 4.69) is 15.6 Å². The molecule has 0 aliphatic carbocycles. The van der Waals surface area contributed by atoms with Crippen LogP contribution in [0.4, 0.5) is 9.57 Å². The molecular weight excluding hydrogens is 363 g/mol. The molecule has 1 atom stereocenters. The second-order valence-corrected chi connectivity index (χ2v) is 6.80. The lowest BCUT2D eigenvalue weighted by molar-refractivity contribution is 0.488. The highest BCUT2D eigenvalue weighted by Crippen LogP contribution is 2.38. The monoisotopic (exact) mass is 378 g/mol. The SMILES string of the molecule is FSn1cc(NC2CCNC2)c2c(Oc3ccc(Cl)cc3)ccnc21. The average Bonchev–Trinajstić information content (AvgIpc) is 3.26. The van der Waals surface area contributed by atoms with Gasteiger partial charge in [-0.25, -0.2) is 8.96 Å². The summed E-state index contributed by atoms with van der Waals surface area (Å²) < 4.78 is 20.7. The van der Waals surface area contributed by atoms with Gasteiger partial charge in [0.2, 0.25) is 0 Å². The summed E-state index contributed by atoms with van der Waals surface area (Å²) in [5.41, 5.74) is 1.33. The van der Waals surface area contributed by atoms with E-state index in [1.54, 1.807) is 42.7 Å². The lowest BCUT2D eigenvalue weighted by atomic mass is 10.2. The first-order valence-electron chi connectivity index (χ1n) is 7.94. The summed E-state index contributed by atoms with van der Waals surface area (Å²) in [4.78, 5) is 4.31. The van der Waals surface area contributed by atoms with Crippen molar-refractivity contribution in [2.24, 2.45) is 0 Å². The van der Waals surface area contributed by atoms with Crippen LogP contribution in [0.3, 0.4) is 0 Å². The molecular formula is C17H16ClFN4OS. The Kier molecular flexibility index (Phi) is 4.70. The van der Waals surface area contributed by atoms with Crippen LogP contribution in [0, 0.1) is 0 Å². The van der Waals surface area contributed by atoms with E-state index in [-0.39, 0.29) is 12.3 Å². The highest BCUT2D eigenvalue weighted by molar-refractivity contribution is 7.92. The molecule has 130 valence electrons. The van der Waals surface area contributed by atoms with Gasteiger partial charge in [-0.2, -0.15) is 0 Å². The third kappa shape index (κ3) is 3.40. The molecule has 1 aliphatic rings. The number of fused-ring (bicyclic) bond motifs is 1. The van der Waals surface area contributed by atoms with Crippen LogP contribution in [-0.4, -0.2) is 28.1 Å². The smallest absolute Gasteiger partial charge is 0.171 e. The highest BCUT2D eigenvalue weighted by Gasteiger charge is 2.20. The van der Waals surface area contributed by atoms with Crippen LogP contribution in [0.5, 0.6) is 11.5 Å². The van der Waals surface area contributed by atoms with Crippen molar-refractivity contribution in [2.75, 3.05) is 18.4 Å². The van der Waals surface area contributed by atoms with Crippen molar-refractivity contribution in [1.29, 1.82) is 0 Å². The maximum Gasteiger partial charge on any atom is 0.171 e. The van der Waals surface area contributed by atoms with E-state index in [4.69, 9.17) is 16.3 Å². The topological polar surface area (TPSA) is 51.1 Å². The van der Waals surface area contributed by atoms with E-state index >= 15 is 0 Å². The van der Waals surface area contributed by atoms with E-state index in [9.17, 15) is 3.89 Å². The summed E-state index contributed by atoms with van der Waals surface area (Å²) >= 11 is 6.04. The number of rotatable bonds is 5. The first-order valence-corrected chi connectivity index (χ1v) is 8.99. The second kappa shape index (κ2) is 7.11. The minimum absolute atomic E-state index is 0.120. The van der Waals surface area contributed by atoms with Gasteiger partial charge in [-0.3, -0.25) is 0 Å². The third-order valence-corrected chi connectivity index (χ3v) is 4.83. The fraction of sp³-hybridized carbons (Fsp3) is 0.235. The Bertz CT molecular complexity index is 880. The minimum atomic E-state index is 0.120. The van der Waals surface area contributed by atoms with E-state index < -0.39 is 0 Å². The molecule has 0 bridgehead atoms. The largest absolute Gasteiger partial charge is 0.456 e. The zero-order chi connectivity index (χ0) is 17.2. The first-order chi connectivity index (χ1) is 12.2. The third-order valence-electron chi connectivity index (χ3n) is 4.15. The van der Waals surface area contributed by atoms with Crippen molar-refractivity contribution in [2.45, 2.75) is 12.5 Å². The van der Waals surface area contributed by atoms with Gasteiger partial charge in [-0.05, 0) is 43.3 Å². The molecule has 3 heterocycles. The Balaban J connectivity index is 1.74. The number of benzene rings is 1. The number of hydrogen-bond acceptors (Lipinski definition) is 5. The standard InChI is InChI=1S/C17H16ClFN4OS/c18-11-1-3-13(4-2-11)24-15-6-8-21-17-16(15)14(10-23(17)25-19)22-12-5-7-20-9-12/h1-4,6,8,10,12,20,22H,5,7,9H2. The van der Waals surface area contributed by atoms with Crippen molar-refractivity contribution < 1.29 is 8.62 Å². The molecule has 1 aliphatic heterocycles. The van der Waals surface area contributed by atoms with Gasteiger partial charge in [0.05, 0.1) is 11.1 Å². The molecule has 0 spiro atoms. The number of pyridine rings is 1. The molecule has 1 fully saturated rings. The summed E-state index contributed by atoms with van der Waals surface area (Å²) in [6.07, 6.45) is 4.35. The molecule has 5 nitrogen and oxygen atoms in total. The number of ether oxygens (including phenoxy) is 1. The van der Waals surface area contributed by atoms with Crippen LogP contribution in [0.25, 0.3) is 11.0 Å². The predicted molar refractivity (Wildman–Crippen MR) is 100 cm³/mol. The fourth-order valence-corrected chi connectivity index (χ4v) is 3.45. The summed E-state index contributed by atoms with van der Waals surface area (Å²) in [5, 5.41) is 8.18. The molecule has 1 unspecified atom stereocenters. The number of anilines is 1. The fourth-order valence-electron chi connectivity index (χ4n) is 2.97.